The Balaban J connectivity index is 1.85. The van der Waals surface area contributed by atoms with Crippen LogP contribution >= 0.6 is 23.1 Å². The standard InChI is InChI=1S/C18H16FN3S2/c1-18(2,10-20)7-8-23-17-16-14(21-11-22-17)9-15(24-16)12-3-5-13(19)6-4-12/h3-6,9,11H,7-8H2,1-2H3. The van der Waals surface area contributed by atoms with Crippen LogP contribution in [-0.2, 0) is 0 Å². The van der Waals surface area contributed by atoms with Gasteiger partial charge in [0.05, 0.1) is 21.7 Å². The van der Waals surface area contributed by atoms with Crippen LogP contribution in [0.2, 0.25) is 0 Å². The maximum atomic E-state index is 13.1. The minimum atomic E-state index is -0.326. The van der Waals surface area contributed by atoms with E-state index in [4.69, 9.17) is 5.26 Å². The van der Waals surface area contributed by atoms with Crippen molar-refractivity contribution in [2.24, 2.45) is 5.41 Å². The van der Waals surface area contributed by atoms with Crippen LogP contribution in [0.5, 0.6) is 0 Å². The van der Waals surface area contributed by atoms with E-state index in [0.29, 0.717) is 0 Å². The first-order valence-electron chi connectivity index (χ1n) is 7.53. The molecule has 0 saturated carbocycles. The zero-order valence-electron chi connectivity index (χ0n) is 13.4. The number of fused-ring (bicyclic) bond motifs is 1. The Hall–Kier alpha value is -1.97. The first kappa shape index (κ1) is 16.9. The topological polar surface area (TPSA) is 49.6 Å². The van der Waals surface area contributed by atoms with E-state index in [1.165, 1.54) is 12.1 Å². The molecule has 0 aliphatic heterocycles. The molecule has 1 aromatic carbocycles. The van der Waals surface area contributed by atoms with Gasteiger partial charge < -0.3 is 0 Å². The average Bonchev–Trinajstić information content (AvgIpc) is 3.00. The lowest BCUT2D eigenvalue weighted by atomic mass is 9.93. The lowest BCUT2D eigenvalue weighted by Gasteiger charge is -2.13. The van der Waals surface area contributed by atoms with Crippen LogP contribution in [0, 0.1) is 22.6 Å². The van der Waals surface area contributed by atoms with E-state index >= 15 is 0 Å². The Morgan fingerprint density at radius 1 is 1.25 bits per heavy atom. The highest BCUT2D eigenvalue weighted by molar-refractivity contribution is 7.99. The summed E-state index contributed by atoms with van der Waals surface area (Å²) in [7, 11) is 0. The molecule has 3 nitrogen and oxygen atoms in total. The highest BCUT2D eigenvalue weighted by atomic mass is 32.2. The fourth-order valence-corrected chi connectivity index (χ4v) is 4.62. The van der Waals surface area contributed by atoms with Crippen LogP contribution in [0.3, 0.4) is 0 Å². The number of aromatic nitrogens is 2. The van der Waals surface area contributed by atoms with Crippen LogP contribution in [0.4, 0.5) is 4.39 Å². The van der Waals surface area contributed by atoms with Crippen LogP contribution in [0.15, 0.2) is 41.7 Å². The van der Waals surface area contributed by atoms with Crippen molar-refractivity contribution >= 4 is 33.3 Å². The van der Waals surface area contributed by atoms with Gasteiger partial charge in [-0.1, -0.05) is 12.1 Å². The zero-order chi connectivity index (χ0) is 17.2. The predicted octanol–water partition coefficient (Wildman–Crippen LogP) is 5.53. The largest absolute Gasteiger partial charge is 0.235 e. The van der Waals surface area contributed by atoms with Crippen molar-refractivity contribution in [3.8, 4) is 16.5 Å². The van der Waals surface area contributed by atoms with Gasteiger partial charge in [0.1, 0.15) is 17.2 Å². The molecule has 0 unspecified atom stereocenters. The normalized spacial score (nSPS) is 11.6. The van der Waals surface area contributed by atoms with Gasteiger partial charge in [-0.2, -0.15) is 5.26 Å². The van der Waals surface area contributed by atoms with Gasteiger partial charge in [0.15, 0.2) is 0 Å². The molecule has 0 aliphatic carbocycles. The summed E-state index contributed by atoms with van der Waals surface area (Å²) in [5.74, 6) is 0.590. The number of rotatable bonds is 5. The first-order valence-corrected chi connectivity index (χ1v) is 9.33. The van der Waals surface area contributed by atoms with Crippen molar-refractivity contribution in [3.63, 3.8) is 0 Å². The molecule has 0 atom stereocenters. The minimum Gasteiger partial charge on any atom is -0.235 e. The summed E-state index contributed by atoms with van der Waals surface area (Å²) in [6, 6.07) is 10.8. The molecule has 0 amide bonds. The number of nitriles is 1. The monoisotopic (exact) mass is 357 g/mol. The summed E-state index contributed by atoms with van der Waals surface area (Å²) in [6.45, 7) is 3.89. The minimum absolute atomic E-state index is 0.240. The first-order chi connectivity index (χ1) is 11.5. The van der Waals surface area contributed by atoms with E-state index in [9.17, 15) is 4.39 Å². The van der Waals surface area contributed by atoms with Crippen molar-refractivity contribution in [2.75, 3.05) is 5.75 Å². The molecule has 0 saturated heterocycles. The highest BCUT2D eigenvalue weighted by Crippen LogP contribution is 2.37. The lowest BCUT2D eigenvalue weighted by molar-refractivity contribution is 0.482. The Morgan fingerprint density at radius 2 is 2.00 bits per heavy atom. The van der Waals surface area contributed by atoms with Gasteiger partial charge in [0, 0.05) is 10.6 Å². The number of hydrogen-bond donors (Lipinski definition) is 0. The van der Waals surface area contributed by atoms with Gasteiger partial charge in [0.2, 0.25) is 0 Å². The molecule has 0 radical (unpaired) electrons. The van der Waals surface area contributed by atoms with Crippen LogP contribution < -0.4 is 0 Å². The molecule has 122 valence electrons. The Morgan fingerprint density at radius 3 is 2.71 bits per heavy atom. The van der Waals surface area contributed by atoms with Crippen molar-refractivity contribution in [1.29, 1.82) is 5.26 Å². The average molecular weight is 357 g/mol. The molecule has 0 aliphatic rings. The van der Waals surface area contributed by atoms with Crippen LogP contribution in [-0.4, -0.2) is 15.7 Å². The SMILES string of the molecule is CC(C)(C#N)CCSc1ncnc2cc(-c3ccc(F)cc3)sc12. The maximum Gasteiger partial charge on any atom is 0.123 e. The summed E-state index contributed by atoms with van der Waals surface area (Å²) in [5, 5.41) is 10.0. The van der Waals surface area contributed by atoms with Crippen molar-refractivity contribution < 1.29 is 4.39 Å². The second kappa shape index (κ2) is 6.88. The second-order valence-corrected chi connectivity index (χ2v) is 8.24. The molecule has 24 heavy (non-hydrogen) atoms. The van der Waals surface area contributed by atoms with Gasteiger partial charge in [-0.15, -0.1) is 23.1 Å². The molecular weight excluding hydrogens is 341 g/mol. The number of benzene rings is 1. The summed E-state index contributed by atoms with van der Waals surface area (Å²) in [5.41, 5.74) is 1.55. The molecule has 0 fully saturated rings. The Labute approximate surface area is 148 Å². The number of hydrogen-bond acceptors (Lipinski definition) is 5. The highest BCUT2D eigenvalue weighted by Gasteiger charge is 2.17. The lowest BCUT2D eigenvalue weighted by Crippen LogP contribution is -2.08. The third kappa shape index (κ3) is 3.74. The van der Waals surface area contributed by atoms with Gasteiger partial charge in [0.25, 0.3) is 0 Å². The number of nitrogens with zero attached hydrogens (tertiary/aromatic N) is 3. The van der Waals surface area contributed by atoms with E-state index < -0.39 is 0 Å². The van der Waals surface area contributed by atoms with Crippen LogP contribution in [0.25, 0.3) is 20.7 Å². The fourth-order valence-electron chi connectivity index (χ4n) is 2.15. The van der Waals surface area contributed by atoms with Crippen molar-refractivity contribution in [1.82, 2.24) is 9.97 Å². The molecular formula is C18H16FN3S2. The molecule has 0 bridgehead atoms. The summed E-state index contributed by atoms with van der Waals surface area (Å²) >= 11 is 3.26. The predicted molar refractivity (Wildman–Crippen MR) is 97.5 cm³/mol. The summed E-state index contributed by atoms with van der Waals surface area (Å²) in [4.78, 5) is 9.78. The molecule has 6 heteroatoms. The summed E-state index contributed by atoms with van der Waals surface area (Å²) in [6.07, 6.45) is 2.37. The zero-order valence-corrected chi connectivity index (χ0v) is 15.0. The molecule has 2 heterocycles. The fraction of sp³-hybridized carbons (Fsp3) is 0.278. The smallest absolute Gasteiger partial charge is 0.123 e. The quantitative estimate of drug-likeness (QED) is 0.445. The number of halogens is 1. The van der Waals surface area contributed by atoms with Crippen molar-refractivity contribution in [2.45, 2.75) is 25.3 Å². The molecule has 0 spiro atoms. The van der Waals surface area contributed by atoms with Crippen molar-refractivity contribution in [3.05, 3.63) is 42.5 Å². The molecule has 2 aromatic heterocycles. The van der Waals surface area contributed by atoms with E-state index in [2.05, 4.69) is 16.0 Å². The molecule has 3 aromatic rings. The summed E-state index contributed by atoms with van der Waals surface area (Å²) < 4.78 is 14.1. The third-order valence-corrected chi connectivity index (χ3v) is 5.98. The maximum absolute atomic E-state index is 13.1. The van der Waals surface area contributed by atoms with Gasteiger partial charge >= 0.3 is 0 Å². The van der Waals surface area contributed by atoms with E-state index in [1.54, 1.807) is 41.6 Å². The van der Waals surface area contributed by atoms with Gasteiger partial charge in [-0.25, -0.2) is 14.4 Å². The number of thioether (sulfide) groups is 1. The van der Waals surface area contributed by atoms with Gasteiger partial charge in [-0.3, -0.25) is 0 Å². The Bertz CT molecular complexity index is 895. The third-order valence-electron chi connectivity index (χ3n) is 3.68. The molecule has 0 N–H and O–H groups in total. The van der Waals surface area contributed by atoms with Crippen LogP contribution in [0.1, 0.15) is 20.3 Å². The Kier molecular flexibility index (Phi) is 4.83. The molecule has 3 rings (SSSR count). The number of thiophene rings is 1. The van der Waals surface area contributed by atoms with Gasteiger partial charge in [-0.05, 0) is 44.0 Å². The second-order valence-electron chi connectivity index (χ2n) is 6.10. The van der Waals surface area contributed by atoms with E-state index in [1.807, 2.05) is 19.9 Å². The van der Waals surface area contributed by atoms with E-state index in [0.717, 1.165) is 37.9 Å². The van der Waals surface area contributed by atoms with E-state index in [-0.39, 0.29) is 11.2 Å².